The van der Waals surface area contributed by atoms with E-state index in [-0.39, 0.29) is 0 Å². The summed E-state index contributed by atoms with van der Waals surface area (Å²) in [6, 6.07) is 5.91. The molecule has 3 nitrogen and oxygen atoms in total. The van der Waals surface area contributed by atoms with Crippen molar-refractivity contribution in [1.29, 1.82) is 0 Å². The van der Waals surface area contributed by atoms with Crippen LogP contribution in [0.3, 0.4) is 0 Å². The fraction of sp³-hybridized carbons (Fsp3) is 0.364. The van der Waals surface area contributed by atoms with Gasteiger partial charge in [0.05, 0.1) is 10.7 Å². The molecule has 1 aromatic carbocycles. The van der Waals surface area contributed by atoms with Crippen molar-refractivity contribution in [3.8, 4) is 0 Å². The topological polar surface area (TPSA) is 36.4 Å². The van der Waals surface area contributed by atoms with E-state index in [2.05, 4.69) is 15.8 Å². The highest BCUT2D eigenvalue weighted by atomic mass is 35.5. The highest BCUT2D eigenvalue weighted by Gasteiger charge is 2.05. The number of anilines is 1. The summed E-state index contributed by atoms with van der Waals surface area (Å²) in [5.41, 5.74) is 8.19. The minimum absolute atomic E-state index is 0.723. The number of nitrogens with one attached hydrogen (secondary N) is 2. The molecule has 0 saturated carbocycles. The summed E-state index contributed by atoms with van der Waals surface area (Å²) in [4.78, 5) is 4.30. The van der Waals surface area contributed by atoms with Gasteiger partial charge in [0.2, 0.25) is 0 Å². The monoisotopic (exact) mass is 223 g/mol. The zero-order valence-electron chi connectivity index (χ0n) is 8.68. The van der Waals surface area contributed by atoms with Crippen molar-refractivity contribution in [2.75, 3.05) is 12.0 Å². The van der Waals surface area contributed by atoms with Crippen LogP contribution in [0.15, 0.2) is 23.2 Å². The zero-order valence-corrected chi connectivity index (χ0v) is 9.43. The second kappa shape index (κ2) is 4.53. The third-order valence-corrected chi connectivity index (χ3v) is 2.65. The minimum Gasteiger partial charge on any atom is -0.298 e. The maximum Gasteiger partial charge on any atom is 0.115 e. The van der Waals surface area contributed by atoms with Crippen molar-refractivity contribution in [2.24, 2.45) is 4.99 Å². The fourth-order valence-corrected chi connectivity index (χ4v) is 1.78. The molecule has 2 rings (SSSR count). The van der Waals surface area contributed by atoms with Gasteiger partial charge in [0, 0.05) is 13.0 Å². The lowest BCUT2D eigenvalue weighted by Crippen LogP contribution is -2.27. The molecule has 0 unspecified atom stereocenters. The third-order valence-electron chi connectivity index (χ3n) is 2.34. The van der Waals surface area contributed by atoms with E-state index < -0.39 is 0 Å². The van der Waals surface area contributed by atoms with Gasteiger partial charge in [-0.2, -0.15) is 0 Å². The van der Waals surface area contributed by atoms with Crippen molar-refractivity contribution in [2.45, 2.75) is 19.8 Å². The quantitative estimate of drug-likeness (QED) is 0.757. The first-order chi connectivity index (χ1) is 7.25. The van der Waals surface area contributed by atoms with Crippen LogP contribution in [0.5, 0.6) is 0 Å². The molecule has 1 aliphatic rings. The van der Waals surface area contributed by atoms with Crippen LogP contribution in [0.2, 0.25) is 5.02 Å². The predicted molar refractivity (Wildman–Crippen MR) is 64.5 cm³/mol. The molecule has 0 aliphatic carbocycles. The highest BCUT2D eigenvalue weighted by Crippen LogP contribution is 2.21. The molecule has 4 heteroatoms. The van der Waals surface area contributed by atoms with Crippen molar-refractivity contribution in [3.63, 3.8) is 0 Å². The molecule has 0 atom stereocenters. The van der Waals surface area contributed by atoms with Crippen LogP contribution in [0.25, 0.3) is 0 Å². The molecule has 0 saturated heterocycles. The SMILES string of the molecule is Cc1ccc(NNC2=NCCC2)c(Cl)c1. The van der Waals surface area contributed by atoms with Gasteiger partial charge in [0.1, 0.15) is 5.84 Å². The summed E-state index contributed by atoms with van der Waals surface area (Å²) in [6.45, 7) is 2.94. The molecule has 0 spiro atoms. The van der Waals surface area contributed by atoms with Crippen molar-refractivity contribution in [1.82, 2.24) is 5.43 Å². The average Bonchev–Trinajstić information content (AvgIpc) is 2.69. The summed E-state index contributed by atoms with van der Waals surface area (Å²) in [6.07, 6.45) is 2.14. The molecule has 0 amide bonds. The molecule has 0 fully saturated rings. The Bertz CT molecular complexity index is 387. The first-order valence-electron chi connectivity index (χ1n) is 5.07. The molecule has 15 heavy (non-hydrogen) atoms. The summed E-state index contributed by atoms with van der Waals surface area (Å²) < 4.78 is 0. The maximum atomic E-state index is 6.07. The summed E-state index contributed by atoms with van der Waals surface area (Å²) in [7, 11) is 0. The second-order valence-electron chi connectivity index (χ2n) is 3.67. The number of amidine groups is 1. The Labute approximate surface area is 94.5 Å². The Morgan fingerprint density at radius 3 is 2.87 bits per heavy atom. The molecule has 80 valence electrons. The summed E-state index contributed by atoms with van der Waals surface area (Å²) in [5, 5.41) is 0.723. The third kappa shape index (κ3) is 2.63. The van der Waals surface area contributed by atoms with Gasteiger partial charge in [0.15, 0.2) is 0 Å². The maximum absolute atomic E-state index is 6.07. The van der Waals surface area contributed by atoms with Crippen molar-refractivity contribution >= 4 is 23.1 Å². The highest BCUT2D eigenvalue weighted by molar-refractivity contribution is 6.33. The number of hydrogen-bond donors (Lipinski definition) is 2. The van der Waals surface area contributed by atoms with Gasteiger partial charge in [-0.1, -0.05) is 17.7 Å². The van der Waals surface area contributed by atoms with Crippen molar-refractivity contribution < 1.29 is 0 Å². The number of aliphatic imine (C=N–C) groups is 1. The smallest absolute Gasteiger partial charge is 0.115 e. The lowest BCUT2D eigenvalue weighted by molar-refractivity contribution is 0.944. The van der Waals surface area contributed by atoms with Crippen molar-refractivity contribution in [3.05, 3.63) is 28.8 Å². The van der Waals surface area contributed by atoms with Gasteiger partial charge in [-0.25, -0.2) is 0 Å². The zero-order chi connectivity index (χ0) is 10.7. The number of benzene rings is 1. The largest absolute Gasteiger partial charge is 0.298 e. The molecular weight excluding hydrogens is 210 g/mol. The van der Waals surface area contributed by atoms with Gasteiger partial charge < -0.3 is 0 Å². The number of nitrogens with zero attached hydrogens (tertiary/aromatic N) is 1. The number of aryl methyl sites for hydroxylation is 1. The minimum atomic E-state index is 0.723. The van der Waals surface area contributed by atoms with E-state index in [4.69, 9.17) is 11.6 Å². The van der Waals surface area contributed by atoms with Crippen LogP contribution in [0.1, 0.15) is 18.4 Å². The molecule has 1 aromatic rings. The van der Waals surface area contributed by atoms with E-state index in [0.717, 1.165) is 41.5 Å². The van der Waals surface area contributed by atoms with Gasteiger partial charge in [-0.15, -0.1) is 0 Å². The molecular formula is C11H14ClN3. The Kier molecular flexibility index (Phi) is 3.11. The van der Waals surface area contributed by atoms with E-state index in [1.165, 1.54) is 0 Å². The van der Waals surface area contributed by atoms with Crippen LogP contribution in [-0.4, -0.2) is 12.4 Å². The molecule has 0 aromatic heterocycles. The average molecular weight is 224 g/mol. The number of rotatable bonds is 2. The Morgan fingerprint density at radius 1 is 1.33 bits per heavy atom. The first-order valence-corrected chi connectivity index (χ1v) is 5.45. The predicted octanol–water partition coefficient (Wildman–Crippen LogP) is 2.76. The van der Waals surface area contributed by atoms with Crippen LogP contribution in [-0.2, 0) is 0 Å². The Balaban J connectivity index is 1.98. The normalized spacial score (nSPS) is 14.9. The lowest BCUT2D eigenvalue weighted by Gasteiger charge is -2.10. The number of hydrogen-bond acceptors (Lipinski definition) is 3. The van der Waals surface area contributed by atoms with Crippen LogP contribution < -0.4 is 10.9 Å². The van der Waals surface area contributed by atoms with E-state index in [1.807, 2.05) is 25.1 Å². The second-order valence-corrected chi connectivity index (χ2v) is 4.07. The molecule has 0 radical (unpaired) electrons. The molecule has 1 heterocycles. The van der Waals surface area contributed by atoms with Gasteiger partial charge in [-0.3, -0.25) is 15.8 Å². The van der Waals surface area contributed by atoms with E-state index >= 15 is 0 Å². The van der Waals surface area contributed by atoms with E-state index in [9.17, 15) is 0 Å². The van der Waals surface area contributed by atoms with Gasteiger partial charge >= 0.3 is 0 Å². The Hall–Kier alpha value is -1.22. The lowest BCUT2D eigenvalue weighted by atomic mass is 10.2. The summed E-state index contributed by atoms with van der Waals surface area (Å²) in [5.74, 6) is 1.01. The van der Waals surface area contributed by atoms with Crippen LogP contribution in [0, 0.1) is 6.92 Å². The van der Waals surface area contributed by atoms with Crippen LogP contribution >= 0.6 is 11.6 Å². The standard InChI is InChI=1S/C11H14ClN3/c1-8-4-5-10(9(12)7-8)14-15-11-3-2-6-13-11/h4-5,7,14H,2-3,6H2,1H3,(H,13,15). The van der Waals surface area contributed by atoms with Crippen LogP contribution in [0.4, 0.5) is 5.69 Å². The van der Waals surface area contributed by atoms with Gasteiger partial charge in [-0.05, 0) is 31.0 Å². The van der Waals surface area contributed by atoms with E-state index in [1.54, 1.807) is 0 Å². The Morgan fingerprint density at radius 2 is 2.20 bits per heavy atom. The number of halogens is 1. The fourth-order valence-electron chi connectivity index (χ4n) is 1.50. The molecule has 2 N–H and O–H groups in total. The van der Waals surface area contributed by atoms with Gasteiger partial charge in [0.25, 0.3) is 0 Å². The first kappa shape index (κ1) is 10.3. The molecule has 0 bridgehead atoms. The number of hydrazine groups is 1. The molecule has 1 aliphatic heterocycles. The van der Waals surface area contributed by atoms with E-state index in [0.29, 0.717) is 0 Å². The summed E-state index contributed by atoms with van der Waals surface area (Å²) >= 11 is 6.07.